The summed E-state index contributed by atoms with van der Waals surface area (Å²) in [6.45, 7) is 3.10. The van der Waals surface area contributed by atoms with Gasteiger partial charge in [-0.2, -0.15) is 0 Å². The summed E-state index contributed by atoms with van der Waals surface area (Å²) in [5.74, 6) is 2.02. The van der Waals surface area contributed by atoms with Crippen LogP contribution in [-0.4, -0.2) is 24.1 Å². The normalized spacial score (nSPS) is 12.6. The van der Waals surface area contributed by atoms with Gasteiger partial charge < -0.3 is 20.1 Å². The van der Waals surface area contributed by atoms with E-state index in [1.807, 2.05) is 31.2 Å². The first-order valence-electron chi connectivity index (χ1n) is 7.67. The molecule has 1 aliphatic heterocycles. The zero-order chi connectivity index (χ0) is 16.1. The number of rotatable bonds is 5. The predicted octanol–water partition coefficient (Wildman–Crippen LogP) is 3.34. The van der Waals surface area contributed by atoms with Crippen LogP contribution in [0.15, 0.2) is 36.5 Å². The van der Waals surface area contributed by atoms with Crippen molar-refractivity contribution in [3.05, 3.63) is 36.5 Å². The van der Waals surface area contributed by atoms with Crippen LogP contribution < -0.4 is 20.1 Å². The minimum Gasteiger partial charge on any atom is -0.486 e. The summed E-state index contributed by atoms with van der Waals surface area (Å²) in [6, 6.07) is 9.33. The smallest absolute Gasteiger partial charge is 0.225 e. The second kappa shape index (κ2) is 7.00. The number of amides is 1. The van der Waals surface area contributed by atoms with Crippen molar-refractivity contribution in [2.75, 3.05) is 23.8 Å². The number of nitrogens with one attached hydrogen (secondary N) is 2. The van der Waals surface area contributed by atoms with Gasteiger partial charge in [0.2, 0.25) is 5.91 Å². The van der Waals surface area contributed by atoms with Crippen molar-refractivity contribution >= 4 is 23.1 Å². The third-order valence-corrected chi connectivity index (χ3v) is 3.34. The van der Waals surface area contributed by atoms with Crippen LogP contribution in [-0.2, 0) is 4.79 Å². The highest BCUT2D eigenvalue weighted by Gasteiger charge is 2.11. The van der Waals surface area contributed by atoms with Crippen LogP contribution in [0.5, 0.6) is 11.5 Å². The first-order chi connectivity index (χ1) is 11.2. The molecule has 1 aromatic heterocycles. The molecule has 0 atom stereocenters. The molecule has 1 amide bonds. The quantitative estimate of drug-likeness (QED) is 0.886. The molecule has 1 aromatic carbocycles. The number of hydrogen-bond acceptors (Lipinski definition) is 5. The van der Waals surface area contributed by atoms with Crippen molar-refractivity contribution in [1.82, 2.24) is 4.98 Å². The Morgan fingerprint density at radius 1 is 1.13 bits per heavy atom. The molecule has 0 fully saturated rings. The lowest BCUT2D eigenvalue weighted by atomic mass is 10.2. The summed E-state index contributed by atoms with van der Waals surface area (Å²) in [5.41, 5.74) is 1.72. The Labute approximate surface area is 134 Å². The first kappa shape index (κ1) is 15.1. The Balaban J connectivity index is 1.65. The molecule has 0 radical (unpaired) electrons. The molecule has 2 heterocycles. The zero-order valence-corrected chi connectivity index (χ0v) is 13.0. The van der Waals surface area contributed by atoms with Crippen molar-refractivity contribution in [3.8, 4) is 11.5 Å². The van der Waals surface area contributed by atoms with Crippen LogP contribution in [0.25, 0.3) is 0 Å². The Morgan fingerprint density at radius 2 is 1.91 bits per heavy atom. The lowest BCUT2D eigenvalue weighted by Gasteiger charge is -2.19. The van der Waals surface area contributed by atoms with E-state index in [-0.39, 0.29) is 5.91 Å². The van der Waals surface area contributed by atoms with Gasteiger partial charge in [-0.3, -0.25) is 4.79 Å². The Bertz CT molecular complexity index is 686. The number of hydrogen-bond donors (Lipinski definition) is 2. The molecular weight excluding hydrogens is 294 g/mol. The third kappa shape index (κ3) is 3.91. The number of ether oxygens (including phenoxy) is 2. The molecule has 2 aromatic rings. The fraction of sp³-hybridized carbons (Fsp3) is 0.294. The number of nitrogens with zero attached hydrogens (tertiary/aromatic N) is 1. The van der Waals surface area contributed by atoms with Gasteiger partial charge in [0.05, 0.1) is 11.9 Å². The SMILES string of the molecule is CCCC(=O)Nc1ccc(Nc2ccc3c(c2)OCCO3)cn1. The van der Waals surface area contributed by atoms with Crippen molar-refractivity contribution in [1.29, 1.82) is 0 Å². The van der Waals surface area contributed by atoms with E-state index in [4.69, 9.17) is 9.47 Å². The highest BCUT2D eigenvalue weighted by atomic mass is 16.6. The van der Waals surface area contributed by atoms with Gasteiger partial charge >= 0.3 is 0 Å². The lowest BCUT2D eigenvalue weighted by molar-refractivity contribution is -0.116. The number of benzene rings is 1. The maximum absolute atomic E-state index is 11.5. The van der Waals surface area contributed by atoms with E-state index >= 15 is 0 Å². The summed E-state index contributed by atoms with van der Waals surface area (Å²) >= 11 is 0. The van der Waals surface area contributed by atoms with Crippen LogP contribution in [0.1, 0.15) is 19.8 Å². The maximum Gasteiger partial charge on any atom is 0.225 e. The van der Waals surface area contributed by atoms with E-state index in [1.54, 1.807) is 12.3 Å². The molecule has 1 aliphatic rings. The minimum atomic E-state index is -0.0208. The molecule has 0 bridgehead atoms. The topological polar surface area (TPSA) is 72.5 Å². The predicted molar refractivity (Wildman–Crippen MR) is 88.5 cm³/mol. The number of aromatic nitrogens is 1. The fourth-order valence-electron chi connectivity index (χ4n) is 2.26. The molecule has 6 heteroatoms. The van der Waals surface area contributed by atoms with Crippen molar-refractivity contribution in [2.24, 2.45) is 0 Å². The largest absolute Gasteiger partial charge is 0.486 e. The van der Waals surface area contributed by atoms with Crippen LogP contribution in [0.2, 0.25) is 0 Å². The van der Waals surface area contributed by atoms with Crippen molar-refractivity contribution < 1.29 is 14.3 Å². The third-order valence-electron chi connectivity index (χ3n) is 3.34. The highest BCUT2D eigenvalue weighted by molar-refractivity contribution is 5.89. The minimum absolute atomic E-state index is 0.0208. The highest BCUT2D eigenvalue weighted by Crippen LogP contribution is 2.33. The Hall–Kier alpha value is -2.76. The van der Waals surface area contributed by atoms with Gasteiger partial charge in [0.15, 0.2) is 11.5 Å². The maximum atomic E-state index is 11.5. The summed E-state index contributed by atoms with van der Waals surface area (Å²) in [5, 5.41) is 6.01. The molecule has 0 aliphatic carbocycles. The number of carbonyl (C=O) groups is 1. The van der Waals surface area contributed by atoms with Crippen LogP contribution in [0, 0.1) is 0 Å². The van der Waals surface area contributed by atoms with Gasteiger partial charge in [-0.25, -0.2) is 4.98 Å². The molecule has 0 unspecified atom stereocenters. The summed E-state index contributed by atoms with van der Waals surface area (Å²) in [6.07, 6.45) is 2.99. The molecule has 0 saturated carbocycles. The van der Waals surface area contributed by atoms with Crippen LogP contribution in [0.4, 0.5) is 17.2 Å². The molecule has 3 rings (SSSR count). The van der Waals surface area contributed by atoms with Gasteiger partial charge in [0.1, 0.15) is 19.0 Å². The van der Waals surface area contributed by atoms with Gasteiger partial charge in [0, 0.05) is 18.2 Å². The Morgan fingerprint density at radius 3 is 2.65 bits per heavy atom. The number of pyridine rings is 1. The summed E-state index contributed by atoms with van der Waals surface area (Å²) < 4.78 is 11.1. The molecule has 23 heavy (non-hydrogen) atoms. The zero-order valence-electron chi connectivity index (χ0n) is 13.0. The average Bonchev–Trinajstić information content (AvgIpc) is 2.57. The van der Waals surface area contributed by atoms with Crippen LogP contribution in [0.3, 0.4) is 0 Å². The van der Waals surface area contributed by atoms with E-state index in [2.05, 4.69) is 15.6 Å². The second-order valence-corrected chi connectivity index (χ2v) is 5.21. The summed E-state index contributed by atoms with van der Waals surface area (Å²) in [7, 11) is 0. The van der Waals surface area contributed by atoms with Crippen molar-refractivity contribution in [3.63, 3.8) is 0 Å². The number of fused-ring (bicyclic) bond motifs is 1. The van der Waals surface area contributed by atoms with Crippen molar-refractivity contribution in [2.45, 2.75) is 19.8 Å². The van der Waals surface area contributed by atoms with Gasteiger partial charge in [-0.15, -0.1) is 0 Å². The van der Waals surface area contributed by atoms with E-state index in [0.29, 0.717) is 25.5 Å². The standard InChI is InChI=1S/C17H19N3O3/c1-2-3-17(21)20-16-7-5-13(11-18-16)19-12-4-6-14-15(10-12)23-9-8-22-14/h4-7,10-11,19H,2-3,8-9H2,1H3,(H,18,20,21). The van der Waals surface area contributed by atoms with Gasteiger partial charge in [-0.05, 0) is 30.7 Å². The van der Waals surface area contributed by atoms with E-state index in [0.717, 1.165) is 29.3 Å². The van der Waals surface area contributed by atoms with Crippen LogP contribution >= 0.6 is 0 Å². The van der Waals surface area contributed by atoms with E-state index < -0.39 is 0 Å². The lowest BCUT2D eigenvalue weighted by Crippen LogP contribution is -2.15. The monoisotopic (exact) mass is 313 g/mol. The molecule has 6 nitrogen and oxygen atoms in total. The second-order valence-electron chi connectivity index (χ2n) is 5.21. The van der Waals surface area contributed by atoms with Gasteiger partial charge in [-0.1, -0.05) is 6.92 Å². The summed E-state index contributed by atoms with van der Waals surface area (Å²) in [4.78, 5) is 15.8. The average molecular weight is 313 g/mol. The fourth-order valence-corrected chi connectivity index (χ4v) is 2.26. The molecule has 0 spiro atoms. The number of carbonyl (C=O) groups excluding carboxylic acids is 1. The molecular formula is C17H19N3O3. The van der Waals surface area contributed by atoms with Gasteiger partial charge in [0.25, 0.3) is 0 Å². The number of anilines is 3. The van der Waals surface area contributed by atoms with E-state index in [1.165, 1.54) is 0 Å². The molecule has 0 saturated heterocycles. The molecule has 2 N–H and O–H groups in total. The first-order valence-corrected chi connectivity index (χ1v) is 7.67. The molecule has 120 valence electrons. The Kier molecular flexibility index (Phi) is 4.61. The van der Waals surface area contributed by atoms with E-state index in [9.17, 15) is 4.79 Å².